The molecule has 0 aromatic carbocycles. The topological polar surface area (TPSA) is 26.0 Å². The Bertz CT molecular complexity index is 102. The van der Waals surface area contributed by atoms with Gasteiger partial charge in [-0.1, -0.05) is 20.8 Å². The number of rotatable bonds is 6. The molecular weight excluding hydrogens is 166 g/mol. The van der Waals surface area contributed by atoms with Crippen molar-refractivity contribution in [2.24, 2.45) is 11.7 Å². The summed E-state index contributed by atoms with van der Waals surface area (Å²) in [6.45, 7) is 8.95. The van der Waals surface area contributed by atoms with E-state index in [4.69, 9.17) is 5.73 Å². The fraction of sp³-hybridized carbons (Fsp3) is 1.00. The molecule has 0 rings (SSSR count). The minimum Gasteiger partial charge on any atom is -0.328 e. The Labute approximate surface area is 81.5 Å². The van der Waals surface area contributed by atoms with Crippen molar-refractivity contribution in [1.29, 1.82) is 0 Å². The van der Waals surface area contributed by atoms with Gasteiger partial charge < -0.3 is 5.73 Å². The second kappa shape index (κ2) is 6.79. The average molecular weight is 189 g/mol. The summed E-state index contributed by atoms with van der Waals surface area (Å²) in [5.41, 5.74) is 5.66. The SMILES string of the molecule is CC(N)CCCSC(C)C(C)C. The van der Waals surface area contributed by atoms with Crippen molar-refractivity contribution in [2.75, 3.05) is 5.75 Å². The van der Waals surface area contributed by atoms with Gasteiger partial charge in [0.25, 0.3) is 0 Å². The molecule has 0 spiro atoms. The lowest BCUT2D eigenvalue weighted by atomic mass is 10.2. The zero-order valence-corrected chi connectivity index (χ0v) is 9.66. The second-order valence-electron chi connectivity index (χ2n) is 3.94. The lowest BCUT2D eigenvalue weighted by Gasteiger charge is -2.14. The third-order valence-electron chi connectivity index (χ3n) is 2.12. The predicted molar refractivity (Wildman–Crippen MR) is 59.6 cm³/mol. The highest BCUT2D eigenvalue weighted by molar-refractivity contribution is 7.99. The normalized spacial score (nSPS) is 16.5. The summed E-state index contributed by atoms with van der Waals surface area (Å²) < 4.78 is 0. The van der Waals surface area contributed by atoms with Crippen molar-refractivity contribution >= 4 is 11.8 Å². The summed E-state index contributed by atoms with van der Waals surface area (Å²) in [6, 6.07) is 0.375. The molecule has 0 aliphatic heterocycles. The maximum absolute atomic E-state index is 5.66. The molecule has 2 atom stereocenters. The Hall–Kier alpha value is 0.310. The van der Waals surface area contributed by atoms with E-state index in [-0.39, 0.29) is 0 Å². The molecule has 0 radical (unpaired) electrons. The van der Waals surface area contributed by atoms with Crippen LogP contribution < -0.4 is 5.73 Å². The lowest BCUT2D eigenvalue weighted by molar-refractivity contribution is 0.634. The van der Waals surface area contributed by atoms with Gasteiger partial charge in [0.1, 0.15) is 0 Å². The van der Waals surface area contributed by atoms with E-state index in [2.05, 4.69) is 39.5 Å². The van der Waals surface area contributed by atoms with Crippen LogP contribution in [0.15, 0.2) is 0 Å². The van der Waals surface area contributed by atoms with Gasteiger partial charge in [-0.05, 0) is 31.4 Å². The number of thioether (sulfide) groups is 1. The van der Waals surface area contributed by atoms with E-state index in [1.54, 1.807) is 0 Å². The Kier molecular flexibility index (Phi) is 6.96. The first-order valence-corrected chi connectivity index (χ1v) is 5.96. The lowest BCUT2D eigenvalue weighted by Crippen LogP contribution is -2.15. The Morgan fingerprint density at radius 3 is 2.17 bits per heavy atom. The third-order valence-corrected chi connectivity index (χ3v) is 3.72. The van der Waals surface area contributed by atoms with Crippen LogP contribution in [0.25, 0.3) is 0 Å². The molecule has 0 aromatic heterocycles. The molecule has 2 unspecified atom stereocenters. The first-order chi connectivity index (χ1) is 5.54. The smallest absolute Gasteiger partial charge is 0.00417 e. The largest absolute Gasteiger partial charge is 0.328 e. The fourth-order valence-corrected chi connectivity index (χ4v) is 1.96. The van der Waals surface area contributed by atoms with Crippen LogP contribution in [0.2, 0.25) is 0 Å². The zero-order valence-electron chi connectivity index (χ0n) is 8.84. The fourth-order valence-electron chi connectivity index (χ4n) is 0.867. The molecule has 0 saturated heterocycles. The molecule has 0 amide bonds. The van der Waals surface area contributed by atoms with Crippen LogP contribution >= 0.6 is 11.8 Å². The molecule has 0 heterocycles. The summed E-state index contributed by atoms with van der Waals surface area (Å²) in [4.78, 5) is 0. The van der Waals surface area contributed by atoms with E-state index in [9.17, 15) is 0 Å². The molecule has 0 fully saturated rings. The first-order valence-electron chi connectivity index (χ1n) is 4.91. The molecule has 1 nitrogen and oxygen atoms in total. The van der Waals surface area contributed by atoms with Crippen molar-refractivity contribution in [3.8, 4) is 0 Å². The standard InChI is InChI=1S/C10H23NS/c1-8(2)10(4)12-7-5-6-9(3)11/h8-10H,5-7,11H2,1-4H3. The van der Waals surface area contributed by atoms with Crippen molar-refractivity contribution < 1.29 is 0 Å². The van der Waals surface area contributed by atoms with Crippen LogP contribution in [0.5, 0.6) is 0 Å². The van der Waals surface area contributed by atoms with E-state index in [1.807, 2.05) is 0 Å². The summed E-state index contributed by atoms with van der Waals surface area (Å²) in [5.74, 6) is 2.06. The van der Waals surface area contributed by atoms with Crippen LogP contribution in [0.3, 0.4) is 0 Å². The Morgan fingerprint density at radius 2 is 1.75 bits per heavy atom. The van der Waals surface area contributed by atoms with E-state index in [0.29, 0.717) is 6.04 Å². The van der Waals surface area contributed by atoms with Gasteiger partial charge in [0.15, 0.2) is 0 Å². The van der Waals surface area contributed by atoms with Crippen molar-refractivity contribution in [2.45, 2.75) is 51.8 Å². The molecule has 0 bridgehead atoms. The highest BCUT2D eigenvalue weighted by Gasteiger charge is 2.06. The van der Waals surface area contributed by atoms with Gasteiger partial charge in [-0.3, -0.25) is 0 Å². The molecule has 0 aliphatic rings. The predicted octanol–water partition coefficient (Wildman–Crippen LogP) is 2.89. The first kappa shape index (κ1) is 12.3. The number of nitrogens with two attached hydrogens (primary N) is 1. The van der Waals surface area contributed by atoms with E-state index < -0.39 is 0 Å². The monoisotopic (exact) mass is 189 g/mol. The highest BCUT2D eigenvalue weighted by Crippen LogP contribution is 2.19. The molecule has 0 aromatic rings. The van der Waals surface area contributed by atoms with Crippen LogP contribution in [-0.2, 0) is 0 Å². The summed E-state index contributed by atoms with van der Waals surface area (Å²) >= 11 is 2.07. The van der Waals surface area contributed by atoms with Gasteiger partial charge in [-0.25, -0.2) is 0 Å². The van der Waals surface area contributed by atoms with Crippen LogP contribution in [0, 0.1) is 5.92 Å². The summed E-state index contributed by atoms with van der Waals surface area (Å²) in [5, 5.41) is 0.790. The van der Waals surface area contributed by atoms with Gasteiger partial charge in [-0.2, -0.15) is 11.8 Å². The van der Waals surface area contributed by atoms with Gasteiger partial charge in [-0.15, -0.1) is 0 Å². The van der Waals surface area contributed by atoms with Crippen LogP contribution in [-0.4, -0.2) is 17.0 Å². The second-order valence-corrected chi connectivity index (χ2v) is 5.42. The highest BCUT2D eigenvalue weighted by atomic mass is 32.2. The quantitative estimate of drug-likeness (QED) is 0.650. The summed E-state index contributed by atoms with van der Waals surface area (Å²) in [7, 11) is 0. The average Bonchev–Trinajstić information content (AvgIpc) is 1.97. The minimum atomic E-state index is 0.375. The van der Waals surface area contributed by atoms with E-state index in [1.165, 1.54) is 12.2 Å². The maximum Gasteiger partial charge on any atom is 0.00417 e. The molecule has 0 aliphatic carbocycles. The maximum atomic E-state index is 5.66. The molecular formula is C10H23NS. The number of hydrogen-bond acceptors (Lipinski definition) is 2. The van der Waals surface area contributed by atoms with Crippen LogP contribution in [0.1, 0.15) is 40.5 Å². The van der Waals surface area contributed by atoms with E-state index >= 15 is 0 Å². The van der Waals surface area contributed by atoms with Crippen molar-refractivity contribution in [3.63, 3.8) is 0 Å². The molecule has 74 valence electrons. The molecule has 0 saturated carbocycles. The van der Waals surface area contributed by atoms with Crippen molar-refractivity contribution in [3.05, 3.63) is 0 Å². The Morgan fingerprint density at radius 1 is 1.17 bits per heavy atom. The van der Waals surface area contributed by atoms with Gasteiger partial charge >= 0.3 is 0 Å². The zero-order chi connectivity index (χ0) is 9.56. The van der Waals surface area contributed by atoms with Gasteiger partial charge in [0.05, 0.1) is 0 Å². The van der Waals surface area contributed by atoms with E-state index in [0.717, 1.165) is 17.6 Å². The van der Waals surface area contributed by atoms with Crippen LogP contribution in [0.4, 0.5) is 0 Å². The Balaban J connectivity index is 3.20. The van der Waals surface area contributed by atoms with Gasteiger partial charge in [0, 0.05) is 11.3 Å². The summed E-state index contributed by atoms with van der Waals surface area (Å²) in [6.07, 6.45) is 2.43. The van der Waals surface area contributed by atoms with Gasteiger partial charge in [0.2, 0.25) is 0 Å². The molecule has 2 N–H and O–H groups in total. The van der Waals surface area contributed by atoms with Crippen molar-refractivity contribution in [1.82, 2.24) is 0 Å². The minimum absolute atomic E-state index is 0.375. The number of hydrogen-bond donors (Lipinski definition) is 1. The molecule has 12 heavy (non-hydrogen) atoms. The molecule has 2 heteroatoms. The third kappa shape index (κ3) is 6.99.